The molecule has 0 spiro atoms. The number of benzene rings is 1. The van der Waals surface area contributed by atoms with Crippen LogP contribution in [-0.4, -0.2) is 0 Å². The molecule has 0 nitrogen and oxygen atoms in total. The van der Waals surface area contributed by atoms with Crippen LogP contribution in [0.4, 0.5) is 0 Å². The molecule has 0 unspecified atom stereocenters. The quantitative estimate of drug-likeness (QED) is 0.614. The van der Waals surface area contributed by atoms with E-state index < -0.39 is 0 Å². The highest BCUT2D eigenvalue weighted by molar-refractivity contribution is 5.52. The van der Waals surface area contributed by atoms with Gasteiger partial charge in [0.2, 0.25) is 0 Å². The minimum Gasteiger partial charge on any atom is -0.0696 e. The van der Waals surface area contributed by atoms with Crippen LogP contribution in [0, 0.1) is 5.92 Å². The van der Waals surface area contributed by atoms with Crippen molar-refractivity contribution in [1.29, 1.82) is 0 Å². The molecule has 0 amide bonds. The summed E-state index contributed by atoms with van der Waals surface area (Å²) in [4.78, 5) is 0. The molecule has 74 valence electrons. The molecule has 1 saturated carbocycles. The molecule has 0 aliphatic heterocycles. The van der Waals surface area contributed by atoms with Crippen LogP contribution in [0.5, 0.6) is 0 Å². The highest BCUT2D eigenvalue weighted by atomic mass is 14.2. The van der Waals surface area contributed by atoms with Gasteiger partial charge in [0, 0.05) is 0 Å². The first-order valence-electron chi connectivity index (χ1n) is 5.59. The van der Waals surface area contributed by atoms with E-state index in [1.54, 1.807) is 5.57 Å². The monoisotopic (exact) mass is 186 g/mol. The van der Waals surface area contributed by atoms with E-state index in [0.29, 0.717) is 0 Å². The zero-order chi connectivity index (χ0) is 9.80. The molecule has 1 aromatic rings. The van der Waals surface area contributed by atoms with Crippen molar-refractivity contribution in [1.82, 2.24) is 0 Å². The standard InChI is InChI=1S/C14H18/c1-12-7-9-14(10-8-12)11-13-5-3-2-4-6-13/h2-6,11-12H,7-10H2,1H3. The summed E-state index contributed by atoms with van der Waals surface area (Å²) in [6, 6.07) is 10.7. The lowest BCUT2D eigenvalue weighted by Gasteiger charge is -2.20. The summed E-state index contributed by atoms with van der Waals surface area (Å²) >= 11 is 0. The van der Waals surface area contributed by atoms with E-state index in [4.69, 9.17) is 0 Å². The van der Waals surface area contributed by atoms with Gasteiger partial charge in [-0.05, 0) is 37.2 Å². The average molecular weight is 186 g/mol. The number of hydrogen-bond acceptors (Lipinski definition) is 0. The van der Waals surface area contributed by atoms with Gasteiger partial charge in [0.1, 0.15) is 0 Å². The summed E-state index contributed by atoms with van der Waals surface area (Å²) < 4.78 is 0. The van der Waals surface area contributed by atoms with Crippen molar-refractivity contribution in [3.63, 3.8) is 0 Å². The van der Waals surface area contributed by atoms with Crippen LogP contribution in [0.25, 0.3) is 6.08 Å². The fraction of sp³-hybridized carbons (Fsp3) is 0.429. The first-order chi connectivity index (χ1) is 6.84. The smallest absolute Gasteiger partial charge is 0.0257 e. The summed E-state index contributed by atoms with van der Waals surface area (Å²) in [6.45, 7) is 2.36. The molecule has 14 heavy (non-hydrogen) atoms. The molecule has 1 aliphatic carbocycles. The largest absolute Gasteiger partial charge is 0.0696 e. The van der Waals surface area contributed by atoms with E-state index in [9.17, 15) is 0 Å². The Kier molecular flexibility index (Phi) is 3.03. The van der Waals surface area contributed by atoms with Gasteiger partial charge in [-0.3, -0.25) is 0 Å². The van der Waals surface area contributed by atoms with Crippen molar-refractivity contribution in [2.45, 2.75) is 32.6 Å². The predicted molar refractivity (Wildman–Crippen MR) is 62.1 cm³/mol. The maximum absolute atomic E-state index is 2.37. The zero-order valence-corrected chi connectivity index (χ0v) is 8.87. The van der Waals surface area contributed by atoms with Crippen molar-refractivity contribution >= 4 is 6.08 Å². The molecule has 0 heteroatoms. The molecular formula is C14H18. The molecule has 0 aromatic heterocycles. The molecule has 0 atom stereocenters. The van der Waals surface area contributed by atoms with Crippen molar-refractivity contribution in [3.8, 4) is 0 Å². The normalized spacial score (nSPS) is 22.1. The van der Waals surface area contributed by atoms with Crippen LogP contribution in [0.1, 0.15) is 38.2 Å². The van der Waals surface area contributed by atoms with Crippen molar-refractivity contribution < 1.29 is 0 Å². The van der Waals surface area contributed by atoms with Gasteiger partial charge in [0.25, 0.3) is 0 Å². The molecular weight excluding hydrogens is 168 g/mol. The van der Waals surface area contributed by atoms with Crippen LogP contribution >= 0.6 is 0 Å². The molecule has 0 bridgehead atoms. The summed E-state index contributed by atoms with van der Waals surface area (Å²) in [5.41, 5.74) is 2.99. The zero-order valence-electron chi connectivity index (χ0n) is 8.87. The third kappa shape index (κ3) is 2.47. The van der Waals surface area contributed by atoms with Crippen LogP contribution in [0.3, 0.4) is 0 Å². The van der Waals surface area contributed by atoms with Crippen molar-refractivity contribution in [2.24, 2.45) is 5.92 Å². The summed E-state index contributed by atoms with van der Waals surface area (Å²) in [7, 11) is 0. The minimum atomic E-state index is 0.933. The molecule has 0 saturated heterocycles. The van der Waals surface area contributed by atoms with Crippen molar-refractivity contribution in [3.05, 3.63) is 41.5 Å². The van der Waals surface area contributed by atoms with E-state index >= 15 is 0 Å². The van der Waals surface area contributed by atoms with E-state index in [1.165, 1.54) is 31.2 Å². The van der Waals surface area contributed by atoms with Crippen LogP contribution in [-0.2, 0) is 0 Å². The SMILES string of the molecule is CC1CCC(=Cc2ccccc2)CC1. The summed E-state index contributed by atoms with van der Waals surface area (Å²) in [5, 5.41) is 0. The second kappa shape index (κ2) is 4.45. The van der Waals surface area contributed by atoms with Gasteiger partial charge in [-0.15, -0.1) is 0 Å². The fourth-order valence-electron chi connectivity index (χ4n) is 2.06. The maximum Gasteiger partial charge on any atom is -0.0257 e. The summed E-state index contributed by atoms with van der Waals surface area (Å²) in [6.07, 6.45) is 7.72. The highest BCUT2D eigenvalue weighted by Gasteiger charge is 2.11. The Hall–Kier alpha value is -1.04. The number of allylic oxidation sites excluding steroid dienone is 1. The Balaban J connectivity index is 2.05. The van der Waals surface area contributed by atoms with Gasteiger partial charge in [-0.25, -0.2) is 0 Å². The van der Waals surface area contributed by atoms with E-state index in [-0.39, 0.29) is 0 Å². The van der Waals surface area contributed by atoms with Gasteiger partial charge in [0.05, 0.1) is 0 Å². The number of rotatable bonds is 1. The minimum absolute atomic E-state index is 0.933. The Morgan fingerprint density at radius 1 is 1.07 bits per heavy atom. The Morgan fingerprint density at radius 2 is 1.71 bits per heavy atom. The van der Waals surface area contributed by atoms with Crippen molar-refractivity contribution in [2.75, 3.05) is 0 Å². The molecule has 0 heterocycles. The van der Waals surface area contributed by atoms with Gasteiger partial charge < -0.3 is 0 Å². The first-order valence-corrected chi connectivity index (χ1v) is 5.59. The predicted octanol–water partition coefficient (Wildman–Crippen LogP) is 4.28. The highest BCUT2D eigenvalue weighted by Crippen LogP contribution is 2.28. The van der Waals surface area contributed by atoms with E-state index in [2.05, 4.69) is 43.3 Å². The average Bonchev–Trinajstić information content (AvgIpc) is 2.23. The van der Waals surface area contributed by atoms with E-state index in [1.807, 2.05) is 0 Å². The lowest BCUT2D eigenvalue weighted by Crippen LogP contribution is -2.03. The van der Waals surface area contributed by atoms with Gasteiger partial charge >= 0.3 is 0 Å². The Morgan fingerprint density at radius 3 is 2.36 bits per heavy atom. The Bertz CT molecular complexity index is 298. The first kappa shape index (κ1) is 9.51. The van der Waals surface area contributed by atoms with Crippen LogP contribution in [0.2, 0.25) is 0 Å². The molecule has 1 aromatic carbocycles. The van der Waals surface area contributed by atoms with Gasteiger partial charge in [0.15, 0.2) is 0 Å². The fourth-order valence-corrected chi connectivity index (χ4v) is 2.06. The number of hydrogen-bond donors (Lipinski definition) is 0. The second-order valence-corrected chi connectivity index (χ2v) is 4.40. The Labute approximate surface area is 86.7 Å². The molecule has 0 N–H and O–H groups in total. The topological polar surface area (TPSA) is 0 Å². The van der Waals surface area contributed by atoms with Gasteiger partial charge in [-0.2, -0.15) is 0 Å². The third-order valence-electron chi connectivity index (χ3n) is 3.09. The second-order valence-electron chi connectivity index (χ2n) is 4.40. The van der Waals surface area contributed by atoms with Crippen LogP contribution < -0.4 is 0 Å². The molecule has 1 fully saturated rings. The molecule has 0 radical (unpaired) electrons. The van der Waals surface area contributed by atoms with E-state index in [0.717, 1.165) is 5.92 Å². The van der Waals surface area contributed by atoms with Gasteiger partial charge in [-0.1, -0.05) is 48.9 Å². The third-order valence-corrected chi connectivity index (χ3v) is 3.09. The van der Waals surface area contributed by atoms with Crippen LogP contribution in [0.15, 0.2) is 35.9 Å². The summed E-state index contributed by atoms with van der Waals surface area (Å²) in [5.74, 6) is 0.933. The lowest BCUT2D eigenvalue weighted by atomic mass is 9.86. The maximum atomic E-state index is 2.37. The lowest BCUT2D eigenvalue weighted by molar-refractivity contribution is 0.446. The molecule has 1 aliphatic rings. The molecule has 2 rings (SSSR count).